The molecule has 0 bridgehead atoms. The summed E-state index contributed by atoms with van der Waals surface area (Å²) in [6.07, 6.45) is 17.2. The molecule has 316 valence electrons. The van der Waals surface area contributed by atoms with E-state index in [1.54, 1.807) is 24.3 Å². The van der Waals surface area contributed by atoms with Crippen molar-refractivity contribution >= 4 is 73.7 Å². The van der Waals surface area contributed by atoms with Gasteiger partial charge in [0.15, 0.2) is 0 Å². The zero-order valence-corrected chi connectivity index (χ0v) is 37.0. The van der Waals surface area contributed by atoms with Crippen LogP contribution >= 0.6 is 38.6 Å². The van der Waals surface area contributed by atoms with Crippen LogP contribution in [-0.2, 0) is 19.1 Å². The first kappa shape index (κ1) is 44.6. The van der Waals surface area contributed by atoms with Gasteiger partial charge in [-0.15, -0.1) is 22.7 Å². The summed E-state index contributed by atoms with van der Waals surface area (Å²) in [6.45, 7) is 0. The summed E-state index contributed by atoms with van der Waals surface area (Å²) in [5, 5.41) is 1.88. The van der Waals surface area contributed by atoms with E-state index in [2.05, 4.69) is 15.9 Å². The van der Waals surface area contributed by atoms with Crippen LogP contribution in [0.5, 0.6) is 0 Å². The number of carbonyl (C=O) groups excluding carboxylic acids is 4. The second-order valence-electron chi connectivity index (χ2n) is 15.6. The van der Waals surface area contributed by atoms with E-state index in [0.717, 1.165) is 59.1 Å². The molecule has 0 N–H and O–H groups in total. The number of hydrogen-bond donors (Lipinski definition) is 0. The lowest BCUT2D eigenvalue weighted by Gasteiger charge is -2.41. The Labute approximate surface area is 362 Å². The predicted molar refractivity (Wildman–Crippen MR) is 234 cm³/mol. The van der Waals surface area contributed by atoms with Crippen molar-refractivity contribution < 1.29 is 37.4 Å². The van der Waals surface area contributed by atoms with E-state index in [-0.39, 0.29) is 41.5 Å². The largest absolute Gasteiger partial charge is 0.465 e. The SMILES string of the molecule is COC(=O)c1sc(-c2ccc(F)cc2)cc1N1C(=O)CCCC1C1CCCCC1.COC(=O)c1sccc1N1C(=O)CCCC1C1CCCCC1.Fc1ccc(Br)cc1. The quantitative estimate of drug-likeness (QED) is 0.172. The van der Waals surface area contributed by atoms with Gasteiger partial charge in [-0.2, -0.15) is 0 Å². The zero-order valence-electron chi connectivity index (χ0n) is 33.8. The number of amides is 2. The lowest BCUT2D eigenvalue weighted by atomic mass is 9.79. The topological polar surface area (TPSA) is 93.2 Å². The number of halogens is 3. The molecule has 0 radical (unpaired) electrons. The van der Waals surface area contributed by atoms with Crippen molar-refractivity contribution in [1.29, 1.82) is 0 Å². The molecular formula is C46H53BrF2N2O6S2. The minimum absolute atomic E-state index is 0.0837. The third kappa shape index (κ3) is 11.3. The maximum Gasteiger partial charge on any atom is 0.350 e. The summed E-state index contributed by atoms with van der Waals surface area (Å²) in [5.41, 5.74) is 2.24. The van der Waals surface area contributed by atoms with Gasteiger partial charge in [-0.3, -0.25) is 9.59 Å². The number of esters is 2. The van der Waals surface area contributed by atoms with Gasteiger partial charge in [-0.05, 0) is 123 Å². The molecule has 8 rings (SSSR count). The highest BCUT2D eigenvalue weighted by molar-refractivity contribution is 9.10. The summed E-state index contributed by atoms with van der Waals surface area (Å²) < 4.78 is 36.2. The fraction of sp³-hybridized carbons (Fsp3) is 0.478. The summed E-state index contributed by atoms with van der Waals surface area (Å²) >= 11 is 5.84. The van der Waals surface area contributed by atoms with Gasteiger partial charge in [0.1, 0.15) is 21.4 Å². The molecule has 2 saturated carbocycles. The molecule has 13 heteroatoms. The minimum Gasteiger partial charge on any atom is -0.465 e. The molecule has 2 saturated heterocycles. The molecule has 2 aromatic heterocycles. The van der Waals surface area contributed by atoms with Crippen molar-refractivity contribution in [1.82, 2.24) is 0 Å². The number of rotatable bonds is 7. The van der Waals surface area contributed by atoms with Gasteiger partial charge < -0.3 is 19.3 Å². The number of methoxy groups -OCH3 is 2. The van der Waals surface area contributed by atoms with Crippen LogP contribution in [-0.4, -0.2) is 50.1 Å². The standard InChI is InChI=1S/C23H26FNO3S.C17H23NO3S.C6H4BrF/c1-28-23(27)22-19(14-20(29-22)16-10-12-17(24)13-11-16)25-18(8-5-9-21(25)26)15-6-3-2-4-7-15;1-21-17(20)16-14(10-11-22-16)18-13(8-5-9-15(18)19)12-6-3-2-4-7-12;7-5-1-3-6(8)4-2-5/h10-15,18H,2-9H2,1H3;10-13H,2-9H2,1H3;1-4H. The van der Waals surface area contributed by atoms with E-state index in [4.69, 9.17) is 9.47 Å². The fourth-order valence-electron chi connectivity index (χ4n) is 9.07. The highest BCUT2D eigenvalue weighted by atomic mass is 79.9. The van der Waals surface area contributed by atoms with E-state index in [9.17, 15) is 28.0 Å². The lowest BCUT2D eigenvalue weighted by molar-refractivity contribution is -0.121. The molecular weight excluding hydrogens is 859 g/mol. The molecule has 4 aromatic rings. The maximum atomic E-state index is 13.3. The fourth-order valence-corrected chi connectivity index (χ4v) is 11.2. The molecule has 2 aliphatic heterocycles. The Hall–Kier alpha value is -3.94. The van der Waals surface area contributed by atoms with Gasteiger partial charge in [-0.1, -0.05) is 66.6 Å². The lowest BCUT2D eigenvalue weighted by Crippen LogP contribution is -2.48. The molecule has 59 heavy (non-hydrogen) atoms. The number of anilines is 2. The molecule has 2 unspecified atom stereocenters. The van der Waals surface area contributed by atoms with Gasteiger partial charge in [0, 0.05) is 34.3 Å². The van der Waals surface area contributed by atoms with E-state index >= 15 is 0 Å². The highest BCUT2D eigenvalue weighted by Gasteiger charge is 2.39. The summed E-state index contributed by atoms with van der Waals surface area (Å²) in [4.78, 5) is 55.8. The second kappa shape index (κ2) is 21.5. The third-order valence-electron chi connectivity index (χ3n) is 11.9. The summed E-state index contributed by atoms with van der Waals surface area (Å²) in [7, 11) is 2.75. The van der Waals surface area contributed by atoms with Gasteiger partial charge >= 0.3 is 11.9 Å². The van der Waals surface area contributed by atoms with Crippen molar-refractivity contribution in [3.05, 3.63) is 91.9 Å². The normalized spacial score (nSPS) is 20.2. The van der Waals surface area contributed by atoms with E-state index in [1.165, 1.54) is 113 Å². The van der Waals surface area contributed by atoms with Crippen LogP contribution in [0, 0.1) is 23.5 Å². The van der Waals surface area contributed by atoms with Crippen LogP contribution in [0.15, 0.2) is 70.5 Å². The van der Waals surface area contributed by atoms with Crippen molar-refractivity contribution in [3.8, 4) is 10.4 Å². The smallest absolute Gasteiger partial charge is 0.350 e. The Morgan fingerprint density at radius 1 is 0.627 bits per heavy atom. The third-order valence-corrected chi connectivity index (χ3v) is 14.5. The van der Waals surface area contributed by atoms with Gasteiger partial charge in [0.2, 0.25) is 11.8 Å². The second-order valence-corrected chi connectivity index (χ2v) is 18.5. The molecule has 2 aromatic carbocycles. The molecule has 2 aliphatic carbocycles. The Morgan fingerprint density at radius 3 is 1.59 bits per heavy atom. The average Bonchev–Trinajstić information content (AvgIpc) is 3.94. The van der Waals surface area contributed by atoms with Gasteiger partial charge in [-0.25, -0.2) is 18.4 Å². The Bertz CT molecular complexity index is 2000. The number of ether oxygens (including phenoxy) is 2. The van der Waals surface area contributed by atoms with Crippen molar-refractivity contribution in [2.24, 2.45) is 11.8 Å². The van der Waals surface area contributed by atoms with Crippen molar-refractivity contribution in [2.45, 2.75) is 115 Å². The van der Waals surface area contributed by atoms with Crippen molar-refractivity contribution in [3.63, 3.8) is 0 Å². The van der Waals surface area contributed by atoms with E-state index in [1.807, 2.05) is 27.3 Å². The molecule has 4 aliphatic rings. The first-order chi connectivity index (χ1) is 28.6. The molecule has 2 amide bonds. The first-order valence-electron chi connectivity index (χ1n) is 20.8. The predicted octanol–water partition coefficient (Wildman–Crippen LogP) is 12.4. The number of nitrogens with zero attached hydrogens (tertiary/aromatic N) is 2. The summed E-state index contributed by atoms with van der Waals surface area (Å²) in [6, 6.07) is 16.5. The molecule has 8 nitrogen and oxygen atoms in total. The number of hydrogen-bond acceptors (Lipinski definition) is 8. The Morgan fingerprint density at radius 2 is 1.10 bits per heavy atom. The van der Waals surface area contributed by atoms with E-state index in [0.29, 0.717) is 40.1 Å². The van der Waals surface area contributed by atoms with E-state index < -0.39 is 5.97 Å². The number of carbonyl (C=O) groups is 4. The number of thiophene rings is 2. The monoisotopic (exact) mass is 910 g/mol. The Balaban J connectivity index is 0.000000171. The molecule has 2 atom stereocenters. The zero-order chi connectivity index (χ0) is 41.9. The van der Waals surface area contributed by atoms with Gasteiger partial charge in [0.05, 0.1) is 25.6 Å². The molecule has 0 spiro atoms. The summed E-state index contributed by atoms with van der Waals surface area (Å²) in [5.74, 6) is 0.0160. The maximum absolute atomic E-state index is 13.3. The molecule has 4 heterocycles. The van der Waals surface area contributed by atoms with Crippen LogP contribution in [0.3, 0.4) is 0 Å². The number of piperidine rings is 2. The van der Waals surface area contributed by atoms with Crippen LogP contribution in [0.1, 0.15) is 122 Å². The van der Waals surface area contributed by atoms with Crippen LogP contribution in [0.2, 0.25) is 0 Å². The minimum atomic E-state index is -0.431. The first-order valence-corrected chi connectivity index (χ1v) is 23.3. The highest BCUT2D eigenvalue weighted by Crippen LogP contribution is 2.44. The van der Waals surface area contributed by atoms with Gasteiger partial charge in [0.25, 0.3) is 0 Å². The molecule has 4 fully saturated rings. The number of benzene rings is 2. The van der Waals surface area contributed by atoms with Crippen molar-refractivity contribution in [2.75, 3.05) is 24.0 Å². The Kier molecular flexibility index (Phi) is 16.3. The average molecular weight is 912 g/mol. The van der Waals surface area contributed by atoms with Crippen LogP contribution < -0.4 is 9.80 Å². The van der Waals surface area contributed by atoms with Crippen LogP contribution in [0.25, 0.3) is 10.4 Å². The van der Waals surface area contributed by atoms with Crippen LogP contribution in [0.4, 0.5) is 20.2 Å².